The molecule has 3 heteroatoms. The minimum Gasteiger partial charge on any atom is -0.378 e. The monoisotopic (exact) mass is 431 g/mol. The van der Waals surface area contributed by atoms with Gasteiger partial charge in [-0.1, -0.05) is 31.6 Å². The molecule has 2 saturated carbocycles. The fraction of sp³-hybridized carbons (Fsp3) is 0.586. The van der Waals surface area contributed by atoms with Crippen molar-refractivity contribution in [3.8, 4) is 0 Å². The highest BCUT2D eigenvalue weighted by Gasteiger charge is 2.57. The maximum atomic E-state index is 13.0. The maximum Gasteiger partial charge on any atom is 0.156 e. The van der Waals surface area contributed by atoms with Gasteiger partial charge in [-0.05, 0) is 90.7 Å². The van der Waals surface area contributed by atoms with Crippen LogP contribution < -0.4 is 4.90 Å². The molecular weight excluding hydrogens is 394 g/mol. The van der Waals surface area contributed by atoms with Gasteiger partial charge in [0.1, 0.15) is 5.78 Å². The molecule has 32 heavy (non-hydrogen) atoms. The lowest BCUT2D eigenvalue weighted by Gasteiger charge is -2.52. The zero-order chi connectivity index (χ0) is 22.6. The molecule has 0 radical (unpaired) electrons. The fourth-order valence-corrected chi connectivity index (χ4v) is 7.74. The third-order valence-corrected chi connectivity index (χ3v) is 9.28. The van der Waals surface area contributed by atoms with Gasteiger partial charge in [0, 0.05) is 44.5 Å². The van der Waals surface area contributed by atoms with Crippen LogP contribution in [0, 0.1) is 23.2 Å². The summed E-state index contributed by atoms with van der Waals surface area (Å²) in [4.78, 5) is 27.3. The molecule has 0 heterocycles. The molecule has 1 aromatic carbocycles. The summed E-state index contributed by atoms with van der Waals surface area (Å²) in [6.45, 7) is 4.46. The number of hydrogen-bond acceptors (Lipinski definition) is 3. The van der Waals surface area contributed by atoms with Crippen LogP contribution in [0.25, 0.3) is 0 Å². The zero-order valence-corrected chi connectivity index (χ0v) is 20.1. The standard InChI is InChI=1S/C29H37NO2/c1-5-27(32)26-15-14-25-23-12-8-19-16-21(31)11-13-22(19)28(23)24(17-29(25,26)2)18-6-9-20(10-7-18)30(3)4/h6-7,9-10,16,23-26H,5,8,11-15,17H2,1-4H3/t23?,24-,25?,26-,29+/m1/s1. The quantitative estimate of drug-likeness (QED) is 0.566. The SMILES string of the molecule is CCC(=O)[C@H]1CCC2C3CCC4=CC(=O)CCC4=C3[C@@H](c3ccc(N(C)C)cc3)C[C@@]21C. The highest BCUT2D eigenvalue weighted by Crippen LogP contribution is 2.65. The molecule has 0 bridgehead atoms. The largest absolute Gasteiger partial charge is 0.378 e. The first-order valence-corrected chi connectivity index (χ1v) is 12.6. The molecular formula is C29H37NO2. The number of anilines is 1. The first-order chi connectivity index (χ1) is 15.3. The Balaban J connectivity index is 1.64. The number of rotatable bonds is 4. The van der Waals surface area contributed by atoms with E-state index in [2.05, 4.69) is 50.2 Å². The van der Waals surface area contributed by atoms with Crippen LogP contribution in [0.3, 0.4) is 0 Å². The molecule has 5 atom stereocenters. The van der Waals surface area contributed by atoms with Crippen LogP contribution in [-0.4, -0.2) is 25.7 Å². The number of fused-ring (bicyclic) bond motifs is 4. The Hall–Kier alpha value is -2.16. The topological polar surface area (TPSA) is 37.4 Å². The molecule has 4 aliphatic carbocycles. The van der Waals surface area contributed by atoms with Crippen LogP contribution >= 0.6 is 0 Å². The molecule has 0 amide bonds. The highest BCUT2D eigenvalue weighted by molar-refractivity contribution is 5.93. The van der Waals surface area contributed by atoms with E-state index in [4.69, 9.17) is 0 Å². The van der Waals surface area contributed by atoms with Crippen molar-refractivity contribution in [3.63, 3.8) is 0 Å². The lowest BCUT2D eigenvalue weighted by Crippen LogP contribution is -2.45. The van der Waals surface area contributed by atoms with E-state index in [0.717, 1.165) is 32.1 Å². The molecule has 0 saturated heterocycles. The number of ketones is 2. The smallest absolute Gasteiger partial charge is 0.156 e. The third kappa shape index (κ3) is 3.31. The van der Waals surface area contributed by atoms with E-state index >= 15 is 0 Å². The summed E-state index contributed by atoms with van der Waals surface area (Å²) in [6.07, 6.45) is 9.62. The summed E-state index contributed by atoms with van der Waals surface area (Å²) >= 11 is 0. The van der Waals surface area contributed by atoms with Crippen LogP contribution in [0.5, 0.6) is 0 Å². The van der Waals surface area contributed by atoms with Crippen molar-refractivity contribution < 1.29 is 9.59 Å². The maximum absolute atomic E-state index is 13.0. The Morgan fingerprint density at radius 2 is 1.81 bits per heavy atom. The fourth-order valence-electron chi connectivity index (χ4n) is 7.74. The van der Waals surface area contributed by atoms with Gasteiger partial charge in [0.15, 0.2) is 5.78 Å². The predicted octanol–water partition coefficient (Wildman–Crippen LogP) is 6.25. The molecule has 1 aromatic rings. The van der Waals surface area contributed by atoms with E-state index in [-0.39, 0.29) is 11.3 Å². The van der Waals surface area contributed by atoms with Crippen molar-refractivity contribution in [1.82, 2.24) is 0 Å². The van der Waals surface area contributed by atoms with E-state index in [1.165, 1.54) is 28.8 Å². The van der Waals surface area contributed by atoms with Crippen molar-refractivity contribution >= 4 is 17.3 Å². The summed E-state index contributed by atoms with van der Waals surface area (Å²) in [5.74, 6) is 2.48. The highest BCUT2D eigenvalue weighted by atomic mass is 16.1. The number of hydrogen-bond donors (Lipinski definition) is 0. The summed E-state index contributed by atoms with van der Waals surface area (Å²) in [7, 11) is 4.16. The van der Waals surface area contributed by atoms with Crippen molar-refractivity contribution in [2.45, 2.75) is 71.1 Å². The van der Waals surface area contributed by atoms with Gasteiger partial charge in [-0.2, -0.15) is 0 Å². The Labute approximate surface area is 193 Å². The summed E-state index contributed by atoms with van der Waals surface area (Å²) in [6, 6.07) is 9.09. The zero-order valence-electron chi connectivity index (χ0n) is 20.1. The van der Waals surface area contributed by atoms with Crippen LogP contribution in [0.4, 0.5) is 5.69 Å². The average Bonchev–Trinajstić information content (AvgIpc) is 3.14. The van der Waals surface area contributed by atoms with Crippen LogP contribution in [0.1, 0.15) is 76.7 Å². The van der Waals surface area contributed by atoms with Gasteiger partial charge in [-0.3, -0.25) is 9.59 Å². The van der Waals surface area contributed by atoms with Crippen LogP contribution in [-0.2, 0) is 9.59 Å². The van der Waals surface area contributed by atoms with Gasteiger partial charge in [-0.15, -0.1) is 0 Å². The van der Waals surface area contributed by atoms with E-state index in [1.807, 2.05) is 13.0 Å². The number of carbonyl (C=O) groups is 2. The van der Waals surface area contributed by atoms with Crippen LogP contribution in [0.15, 0.2) is 47.1 Å². The average molecular weight is 432 g/mol. The van der Waals surface area contributed by atoms with Crippen molar-refractivity contribution in [2.75, 3.05) is 19.0 Å². The first-order valence-electron chi connectivity index (χ1n) is 12.6. The minimum atomic E-state index is 0.0818. The number of benzene rings is 1. The molecule has 2 unspecified atom stereocenters. The van der Waals surface area contributed by atoms with Crippen molar-refractivity contribution in [3.05, 3.63) is 52.6 Å². The second-order valence-electron chi connectivity index (χ2n) is 11.0. The Kier molecular flexibility index (Phi) is 5.42. The van der Waals surface area contributed by atoms with Gasteiger partial charge in [0.25, 0.3) is 0 Å². The summed E-state index contributed by atoms with van der Waals surface area (Å²) in [5, 5.41) is 0. The molecule has 5 rings (SSSR count). The second kappa shape index (κ2) is 8.01. The normalized spacial score (nSPS) is 33.9. The number of allylic oxidation sites excluding steroid dienone is 4. The van der Waals surface area contributed by atoms with Gasteiger partial charge >= 0.3 is 0 Å². The lowest BCUT2D eigenvalue weighted by molar-refractivity contribution is -0.127. The van der Waals surface area contributed by atoms with Gasteiger partial charge in [-0.25, -0.2) is 0 Å². The summed E-state index contributed by atoms with van der Waals surface area (Å²) in [5.41, 5.74) is 7.11. The van der Waals surface area contributed by atoms with Gasteiger partial charge in [0.2, 0.25) is 0 Å². The van der Waals surface area contributed by atoms with Crippen molar-refractivity contribution in [1.29, 1.82) is 0 Å². The molecule has 0 aromatic heterocycles. The predicted molar refractivity (Wildman–Crippen MR) is 130 cm³/mol. The number of nitrogens with zero attached hydrogens (tertiary/aromatic N) is 1. The van der Waals surface area contributed by atoms with E-state index in [0.29, 0.717) is 42.2 Å². The van der Waals surface area contributed by atoms with Crippen LogP contribution in [0.2, 0.25) is 0 Å². The second-order valence-corrected chi connectivity index (χ2v) is 11.0. The molecule has 170 valence electrons. The van der Waals surface area contributed by atoms with E-state index in [9.17, 15) is 9.59 Å². The molecule has 0 N–H and O–H groups in total. The molecule has 4 aliphatic rings. The van der Waals surface area contributed by atoms with E-state index in [1.54, 1.807) is 5.57 Å². The van der Waals surface area contributed by atoms with Gasteiger partial charge < -0.3 is 4.90 Å². The van der Waals surface area contributed by atoms with Gasteiger partial charge in [0.05, 0.1) is 0 Å². The number of Topliss-reactive ketones (excluding diaryl/α,β-unsaturated/α-hetero) is 1. The first kappa shape index (κ1) is 21.7. The minimum absolute atomic E-state index is 0.0818. The Morgan fingerprint density at radius 1 is 1.06 bits per heavy atom. The molecule has 0 aliphatic heterocycles. The third-order valence-electron chi connectivity index (χ3n) is 9.28. The molecule has 0 spiro atoms. The molecule has 2 fully saturated rings. The number of carbonyl (C=O) groups excluding carboxylic acids is 2. The Bertz CT molecular complexity index is 998. The summed E-state index contributed by atoms with van der Waals surface area (Å²) < 4.78 is 0. The van der Waals surface area contributed by atoms with E-state index < -0.39 is 0 Å². The Morgan fingerprint density at radius 3 is 2.50 bits per heavy atom. The molecule has 3 nitrogen and oxygen atoms in total. The lowest BCUT2D eigenvalue weighted by atomic mass is 9.51. The van der Waals surface area contributed by atoms with Crippen molar-refractivity contribution in [2.24, 2.45) is 23.2 Å².